The molecular weight excluding hydrogens is 426 g/mol. The standard InChI is InChI=1S/C27H27N5O2/c1-17-8-9-19-14-18(17)16-34-13-5-4-11-29-26(33)22-15-23(28)25(21-7-3-2-6-20(21)22)24-10-12-30-27(31-19)32-24/h2-3,6-10,12,14-15H,4-5,11,13,16,28H2,1H3,(H,29,33)(H,30,31,32). The molecule has 34 heavy (non-hydrogen) atoms. The maximum Gasteiger partial charge on any atom is 0.251 e. The Morgan fingerprint density at radius 2 is 1.88 bits per heavy atom. The van der Waals surface area contributed by atoms with Crippen molar-refractivity contribution in [2.45, 2.75) is 26.4 Å². The van der Waals surface area contributed by atoms with Gasteiger partial charge in [-0.05, 0) is 65.9 Å². The highest BCUT2D eigenvalue weighted by molar-refractivity contribution is 6.13. The number of hydrogen-bond acceptors (Lipinski definition) is 6. The number of anilines is 3. The number of amides is 1. The van der Waals surface area contributed by atoms with Gasteiger partial charge >= 0.3 is 0 Å². The summed E-state index contributed by atoms with van der Waals surface area (Å²) < 4.78 is 5.89. The molecule has 0 radical (unpaired) electrons. The Kier molecular flexibility index (Phi) is 6.10. The molecule has 0 atom stereocenters. The predicted molar refractivity (Wildman–Crippen MR) is 135 cm³/mol. The molecule has 7 nitrogen and oxygen atoms in total. The van der Waals surface area contributed by atoms with E-state index in [-0.39, 0.29) is 5.91 Å². The van der Waals surface area contributed by atoms with E-state index in [2.05, 4.69) is 34.7 Å². The second-order valence-electron chi connectivity index (χ2n) is 8.48. The lowest BCUT2D eigenvalue weighted by Crippen LogP contribution is -2.25. The molecule has 2 aliphatic heterocycles. The van der Waals surface area contributed by atoms with E-state index < -0.39 is 0 Å². The first-order chi connectivity index (χ1) is 16.6. The summed E-state index contributed by atoms with van der Waals surface area (Å²) in [5.74, 6) is 0.335. The van der Waals surface area contributed by atoms with Crippen molar-refractivity contribution in [1.29, 1.82) is 0 Å². The highest BCUT2D eigenvalue weighted by Gasteiger charge is 2.18. The number of carbonyl (C=O) groups excluding carboxylic acids is 1. The number of aryl methyl sites for hydroxylation is 1. The third-order valence-corrected chi connectivity index (χ3v) is 6.10. The Hall–Kier alpha value is -3.97. The Bertz CT molecular complexity index is 1370. The van der Waals surface area contributed by atoms with Crippen LogP contribution in [0, 0.1) is 6.92 Å². The molecule has 4 N–H and O–H groups in total. The van der Waals surface area contributed by atoms with Crippen LogP contribution in [0.3, 0.4) is 0 Å². The maximum atomic E-state index is 13.0. The van der Waals surface area contributed by atoms with E-state index in [9.17, 15) is 4.79 Å². The van der Waals surface area contributed by atoms with Crippen molar-refractivity contribution in [3.8, 4) is 11.3 Å². The molecule has 172 valence electrons. The topological polar surface area (TPSA) is 102 Å². The number of hydrogen-bond donors (Lipinski definition) is 3. The molecule has 0 spiro atoms. The molecule has 4 aromatic rings. The van der Waals surface area contributed by atoms with Crippen LogP contribution in [0.2, 0.25) is 0 Å². The third kappa shape index (κ3) is 4.43. The molecule has 3 heterocycles. The molecule has 0 saturated carbocycles. The van der Waals surface area contributed by atoms with Gasteiger partial charge in [-0.15, -0.1) is 0 Å². The number of carbonyl (C=O) groups is 1. The summed E-state index contributed by atoms with van der Waals surface area (Å²) >= 11 is 0. The van der Waals surface area contributed by atoms with Gasteiger partial charge in [0.1, 0.15) is 0 Å². The van der Waals surface area contributed by atoms with E-state index in [1.807, 2.05) is 36.4 Å². The van der Waals surface area contributed by atoms with Gasteiger partial charge in [0.2, 0.25) is 5.95 Å². The second-order valence-corrected chi connectivity index (χ2v) is 8.48. The second kappa shape index (κ2) is 9.49. The average molecular weight is 454 g/mol. The minimum absolute atomic E-state index is 0.134. The van der Waals surface area contributed by atoms with Crippen molar-refractivity contribution in [2.24, 2.45) is 0 Å². The normalized spacial score (nSPS) is 14.6. The van der Waals surface area contributed by atoms with E-state index in [1.165, 1.54) is 0 Å². The van der Waals surface area contributed by atoms with Gasteiger partial charge in [-0.25, -0.2) is 9.97 Å². The first-order valence-electron chi connectivity index (χ1n) is 11.5. The Labute approximate surface area is 198 Å². The van der Waals surface area contributed by atoms with E-state index in [0.29, 0.717) is 42.7 Å². The minimum Gasteiger partial charge on any atom is -0.398 e. The lowest BCUT2D eigenvalue weighted by Gasteiger charge is -2.15. The van der Waals surface area contributed by atoms with Crippen LogP contribution >= 0.6 is 0 Å². The van der Waals surface area contributed by atoms with Gasteiger partial charge in [0.15, 0.2) is 0 Å². The Morgan fingerprint density at radius 1 is 1.03 bits per heavy atom. The number of fused-ring (bicyclic) bond motifs is 8. The van der Waals surface area contributed by atoms with Crippen LogP contribution in [0.25, 0.3) is 22.0 Å². The van der Waals surface area contributed by atoms with Crippen LogP contribution in [0.4, 0.5) is 17.3 Å². The monoisotopic (exact) mass is 453 g/mol. The molecule has 1 aromatic heterocycles. The zero-order valence-electron chi connectivity index (χ0n) is 19.1. The van der Waals surface area contributed by atoms with Crippen molar-refractivity contribution >= 4 is 34.0 Å². The van der Waals surface area contributed by atoms with Crippen molar-refractivity contribution in [1.82, 2.24) is 15.3 Å². The molecule has 0 fully saturated rings. The number of nitrogens with zero attached hydrogens (tertiary/aromatic N) is 2. The van der Waals surface area contributed by atoms with Crippen LogP contribution in [0.1, 0.15) is 34.3 Å². The van der Waals surface area contributed by atoms with Crippen molar-refractivity contribution in [3.63, 3.8) is 0 Å². The summed E-state index contributed by atoms with van der Waals surface area (Å²) in [4.78, 5) is 22.2. The van der Waals surface area contributed by atoms with Crippen molar-refractivity contribution in [2.75, 3.05) is 24.2 Å². The number of nitrogens with one attached hydrogen (secondary N) is 2. The van der Waals surface area contributed by atoms with Gasteiger partial charge < -0.3 is 21.1 Å². The number of aromatic nitrogens is 2. The van der Waals surface area contributed by atoms with Gasteiger partial charge in [0.25, 0.3) is 5.91 Å². The van der Waals surface area contributed by atoms with E-state index in [0.717, 1.165) is 46.0 Å². The summed E-state index contributed by atoms with van der Waals surface area (Å²) in [6, 6.07) is 17.5. The first kappa shape index (κ1) is 21.9. The zero-order valence-corrected chi connectivity index (χ0v) is 19.1. The van der Waals surface area contributed by atoms with Crippen molar-refractivity contribution in [3.05, 3.63) is 77.5 Å². The minimum atomic E-state index is -0.134. The molecule has 0 aliphatic carbocycles. The number of nitrogen functional groups attached to an aromatic ring is 1. The molecule has 6 bridgehead atoms. The lowest BCUT2D eigenvalue weighted by molar-refractivity contribution is 0.0947. The summed E-state index contributed by atoms with van der Waals surface area (Å²) in [5.41, 5.74) is 12.2. The van der Waals surface area contributed by atoms with Gasteiger partial charge in [-0.2, -0.15) is 0 Å². The van der Waals surface area contributed by atoms with E-state index in [4.69, 9.17) is 15.5 Å². The molecular formula is C27H27N5O2. The SMILES string of the molecule is Cc1ccc2cc1COCCCCNC(=O)c1cc(N)c(c3ccccc13)-c1ccnc(n1)N2. The molecule has 6 rings (SSSR count). The number of rotatable bonds is 0. The fourth-order valence-electron chi connectivity index (χ4n) is 4.27. The summed E-state index contributed by atoms with van der Waals surface area (Å²) in [6.07, 6.45) is 3.40. The van der Waals surface area contributed by atoms with Crippen LogP contribution in [-0.2, 0) is 11.3 Å². The highest BCUT2D eigenvalue weighted by Crippen LogP contribution is 2.35. The average Bonchev–Trinajstić information content (AvgIpc) is 2.84. The predicted octanol–water partition coefficient (Wildman–Crippen LogP) is 4.97. The van der Waals surface area contributed by atoms with E-state index in [1.54, 1.807) is 12.3 Å². The highest BCUT2D eigenvalue weighted by atomic mass is 16.5. The van der Waals surface area contributed by atoms with Crippen LogP contribution in [0.15, 0.2) is 60.8 Å². The largest absolute Gasteiger partial charge is 0.398 e. The smallest absolute Gasteiger partial charge is 0.251 e. The van der Waals surface area contributed by atoms with Crippen LogP contribution in [-0.4, -0.2) is 29.0 Å². The maximum absolute atomic E-state index is 13.0. The van der Waals surface area contributed by atoms with E-state index >= 15 is 0 Å². The van der Waals surface area contributed by atoms with Gasteiger partial charge in [0, 0.05) is 41.9 Å². The fourth-order valence-corrected chi connectivity index (χ4v) is 4.27. The third-order valence-electron chi connectivity index (χ3n) is 6.10. The van der Waals surface area contributed by atoms with Gasteiger partial charge in [0.05, 0.1) is 12.3 Å². The molecule has 0 saturated heterocycles. The lowest BCUT2D eigenvalue weighted by atomic mass is 9.95. The molecule has 1 amide bonds. The number of nitrogens with two attached hydrogens (primary N) is 1. The van der Waals surface area contributed by atoms with Crippen LogP contribution in [0.5, 0.6) is 0 Å². The van der Waals surface area contributed by atoms with Crippen LogP contribution < -0.4 is 16.4 Å². The Morgan fingerprint density at radius 3 is 2.76 bits per heavy atom. The summed E-state index contributed by atoms with van der Waals surface area (Å²) in [6.45, 7) is 3.80. The quantitative estimate of drug-likeness (QED) is 0.325. The van der Waals surface area contributed by atoms with Crippen molar-refractivity contribution < 1.29 is 9.53 Å². The zero-order chi connectivity index (χ0) is 23.5. The fraction of sp³-hybridized carbons (Fsp3) is 0.222. The molecule has 2 aliphatic rings. The number of benzene rings is 3. The first-order valence-corrected chi connectivity index (χ1v) is 11.5. The van der Waals surface area contributed by atoms with Gasteiger partial charge in [-0.3, -0.25) is 4.79 Å². The summed E-state index contributed by atoms with van der Waals surface area (Å²) in [7, 11) is 0. The van der Waals surface area contributed by atoms with Gasteiger partial charge in [-0.1, -0.05) is 30.3 Å². The number of ether oxygens (including phenoxy) is 1. The summed E-state index contributed by atoms with van der Waals surface area (Å²) in [5, 5.41) is 8.05. The molecule has 7 heteroatoms. The molecule has 0 unspecified atom stereocenters. The Balaban J connectivity index is 1.63. The molecule has 3 aromatic carbocycles.